The number of amides is 2. The number of ether oxygens (including phenoxy) is 1. The average Bonchev–Trinajstić information content (AvgIpc) is 2.53. The Labute approximate surface area is 142 Å². The molecule has 0 fully saturated rings. The van der Waals surface area contributed by atoms with E-state index in [1.165, 1.54) is 0 Å². The monoisotopic (exact) mass is 340 g/mol. The first-order valence-corrected chi connectivity index (χ1v) is 8.06. The van der Waals surface area contributed by atoms with Crippen LogP contribution in [0.1, 0.15) is 26.3 Å². The summed E-state index contributed by atoms with van der Waals surface area (Å²) in [7, 11) is 1.57. The highest BCUT2D eigenvalue weighted by molar-refractivity contribution is 6.30. The van der Waals surface area contributed by atoms with E-state index < -0.39 is 6.04 Å². The van der Waals surface area contributed by atoms with Gasteiger partial charge in [-0.05, 0) is 24.6 Å². The van der Waals surface area contributed by atoms with Gasteiger partial charge in [-0.25, -0.2) is 0 Å². The lowest BCUT2D eigenvalue weighted by Gasteiger charge is -2.30. The average molecular weight is 341 g/mol. The lowest BCUT2D eigenvalue weighted by molar-refractivity contribution is -0.143. The number of carbonyl (C=O) groups excluding carboxylic acids is 2. The molecule has 0 heterocycles. The van der Waals surface area contributed by atoms with Gasteiger partial charge in [0.1, 0.15) is 6.04 Å². The van der Waals surface area contributed by atoms with Crippen LogP contribution >= 0.6 is 11.6 Å². The zero-order valence-corrected chi connectivity index (χ0v) is 14.9. The predicted molar refractivity (Wildman–Crippen MR) is 91.2 cm³/mol. The Bertz CT molecular complexity index is 517. The van der Waals surface area contributed by atoms with Gasteiger partial charge in [0.25, 0.3) is 0 Å². The normalized spacial score (nSPS) is 12.1. The van der Waals surface area contributed by atoms with Crippen LogP contribution in [0.4, 0.5) is 0 Å². The molecule has 0 aliphatic heterocycles. The molecule has 1 N–H and O–H groups in total. The third-order valence-corrected chi connectivity index (χ3v) is 3.75. The molecule has 2 amide bonds. The maximum Gasteiger partial charge on any atom is 0.242 e. The van der Waals surface area contributed by atoms with Crippen molar-refractivity contribution < 1.29 is 14.3 Å². The molecular weight excluding hydrogens is 316 g/mol. The second-order valence-corrected chi connectivity index (χ2v) is 6.14. The van der Waals surface area contributed by atoms with E-state index >= 15 is 0 Å². The summed E-state index contributed by atoms with van der Waals surface area (Å²) in [6, 6.07) is 6.71. The van der Waals surface area contributed by atoms with Crippen LogP contribution in [0.15, 0.2) is 24.3 Å². The summed E-state index contributed by atoms with van der Waals surface area (Å²) in [5, 5.41) is 3.41. The number of nitrogens with one attached hydrogen (secondary N) is 1. The Morgan fingerprint density at radius 2 is 1.83 bits per heavy atom. The Morgan fingerprint density at radius 3 is 2.35 bits per heavy atom. The van der Waals surface area contributed by atoms with Crippen LogP contribution in [0.3, 0.4) is 0 Å². The van der Waals surface area contributed by atoms with Crippen LogP contribution in [0.2, 0.25) is 5.02 Å². The summed E-state index contributed by atoms with van der Waals surface area (Å²) in [5.74, 6) is -0.434. The first kappa shape index (κ1) is 19.5. The molecule has 23 heavy (non-hydrogen) atoms. The van der Waals surface area contributed by atoms with Crippen LogP contribution in [-0.4, -0.2) is 43.0 Å². The van der Waals surface area contributed by atoms with E-state index in [2.05, 4.69) is 5.32 Å². The van der Waals surface area contributed by atoms with Crippen LogP contribution < -0.4 is 5.32 Å². The van der Waals surface area contributed by atoms with Crippen molar-refractivity contribution in [1.82, 2.24) is 10.2 Å². The summed E-state index contributed by atoms with van der Waals surface area (Å²) in [6.45, 7) is 6.61. The summed E-state index contributed by atoms with van der Waals surface area (Å²) < 4.78 is 4.92. The molecule has 0 unspecified atom stereocenters. The summed E-state index contributed by atoms with van der Waals surface area (Å²) in [5.41, 5.74) is 0.931. The van der Waals surface area contributed by atoms with E-state index in [-0.39, 0.29) is 17.7 Å². The van der Waals surface area contributed by atoms with Crippen molar-refractivity contribution in [2.24, 2.45) is 5.92 Å². The van der Waals surface area contributed by atoms with Gasteiger partial charge in [-0.15, -0.1) is 0 Å². The highest BCUT2D eigenvalue weighted by Crippen LogP contribution is 2.15. The number of nitrogens with zero attached hydrogens (tertiary/aromatic N) is 1. The van der Waals surface area contributed by atoms with Gasteiger partial charge < -0.3 is 15.0 Å². The minimum atomic E-state index is -0.558. The molecule has 128 valence electrons. The maximum atomic E-state index is 12.5. The fraction of sp³-hybridized carbons (Fsp3) is 0.529. The third kappa shape index (κ3) is 6.20. The number of methoxy groups -OCH3 is 1. The fourth-order valence-electron chi connectivity index (χ4n) is 2.09. The van der Waals surface area contributed by atoms with E-state index in [4.69, 9.17) is 16.3 Å². The quantitative estimate of drug-likeness (QED) is 0.740. The standard InChI is InChI=1S/C17H25ClN2O3/c1-12(2)17(22)20(11-14-5-7-15(18)8-6-14)13(3)16(21)19-9-10-23-4/h5-8,12-13H,9-11H2,1-4H3,(H,19,21)/t13-/m1/s1. The predicted octanol–water partition coefficient (Wildman–Crippen LogP) is 2.48. The van der Waals surface area contributed by atoms with Crippen molar-refractivity contribution in [2.75, 3.05) is 20.3 Å². The van der Waals surface area contributed by atoms with Crippen LogP contribution in [0.5, 0.6) is 0 Å². The van der Waals surface area contributed by atoms with Gasteiger partial charge >= 0.3 is 0 Å². The second-order valence-electron chi connectivity index (χ2n) is 5.71. The molecule has 6 heteroatoms. The molecule has 1 aromatic carbocycles. The number of hydrogen-bond acceptors (Lipinski definition) is 3. The van der Waals surface area contributed by atoms with E-state index in [0.29, 0.717) is 24.7 Å². The molecule has 0 bridgehead atoms. The molecule has 0 aromatic heterocycles. The van der Waals surface area contributed by atoms with Gasteiger partial charge in [0.15, 0.2) is 0 Å². The molecule has 5 nitrogen and oxygen atoms in total. The molecule has 1 atom stereocenters. The molecule has 0 spiro atoms. The van der Waals surface area contributed by atoms with E-state index in [0.717, 1.165) is 5.56 Å². The smallest absolute Gasteiger partial charge is 0.242 e. The summed E-state index contributed by atoms with van der Waals surface area (Å²) >= 11 is 5.89. The van der Waals surface area contributed by atoms with Crippen molar-refractivity contribution in [3.8, 4) is 0 Å². The Morgan fingerprint density at radius 1 is 1.22 bits per heavy atom. The van der Waals surface area contributed by atoms with Gasteiger partial charge in [-0.3, -0.25) is 9.59 Å². The Kier molecular flexibility index (Phi) is 8.06. The van der Waals surface area contributed by atoms with Crippen LogP contribution in [0, 0.1) is 5.92 Å². The number of halogens is 1. The molecule has 0 saturated carbocycles. The second kappa shape index (κ2) is 9.53. The SMILES string of the molecule is COCCNC(=O)[C@@H](C)N(Cc1ccc(Cl)cc1)C(=O)C(C)C. The minimum absolute atomic E-state index is 0.0608. The van der Waals surface area contributed by atoms with Crippen molar-refractivity contribution in [3.05, 3.63) is 34.9 Å². The fourth-order valence-corrected chi connectivity index (χ4v) is 2.22. The molecule has 0 aliphatic rings. The van der Waals surface area contributed by atoms with E-state index in [1.807, 2.05) is 26.0 Å². The van der Waals surface area contributed by atoms with Crippen molar-refractivity contribution in [2.45, 2.75) is 33.4 Å². The largest absolute Gasteiger partial charge is 0.383 e. The van der Waals surface area contributed by atoms with Crippen LogP contribution in [0.25, 0.3) is 0 Å². The van der Waals surface area contributed by atoms with Crippen molar-refractivity contribution in [3.63, 3.8) is 0 Å². The zero-order valence-electron chi connectivity index (χ0n) is 14.1. The lowest BCUT2D eigenvalue weighted by Crippen LogP contribution is -2.49. The van der Waals surface area contributed by atoms with Crippen molar-refractivity contribution in [1.29, 1.82) is 0 Å². The summed E-state index contributed by atoms with van der Waals surface area (Å²) in [6.07, 6.45) is 0. The lowest BCUT2D eigenvalue weighted by atomic mass is 10.1. The van der Waals surface area contributed by atoms with E-state index in [9.17, 15) is 9.59 Å². The number of hydrogen-bond donors (Lipinski definition) is 1. The highest BCUT2D eigenvalue weighted by Gasteiger charge is 2.27. The number of carbonyl (C=O) groups is 2. The van der Waals surface area contributed by atoms with Crippen LogP contribution in [-0.2, 0) is 20.9 Å². The van der Waals surface area contributed by atoms with E-state index in [1.54, 1.807) is 31.1 Å². The molecule has 1 aromatic rings. The third-order valence-electron chi connectivity index (χ3n) is 3.50. The molecule has 0 aliphatic carbocycles. The van der Waals surface area contributed by atoms with Gasteiger partial charge in [0.2, 0.25) is 11.8 Å². The number of benzene rings is 1. The number of rotatable bonds is 8. The highest BCUT2D eigenvalue weighted by atomic mass is 35.5. The Hall–Kier alpha value is -1.59. The van der Waals surface area contributed by atoms with Crippen molar-refractivity contribution >= 4 is 23.4 Å². The first-order chi connectivity index (χ1) is 10.9. The topological polar surface area (TPSA) is 58.6 Å². The Balaban J connectivity index is 2.84. The zero-order chi connectivity index (χ0) is 17.4. The molecule has 0 saturated heterocycles. The van der Waals surface area contributed by atoms with Gasteiger partial charge in [-0.1, -0.05) is 37.6 Å². The molecular formula is C17H25ClN2O3. The minimum Gasteiger partial charge on any atom is -0.383 e. The van der Waals surface area contributed by atoms with Gasteiger partial charge in [-0.2, -0.15) is 0 Å². The van der Waals surface area contributed by atoms with Gasteiger partial charge in [0, 0.05) is 31.1 Å². The van der Waals surface area contributed by atoms with Gasteiger partial charge in [0.05, 0.1) is 6.61 Å². The summed E-state index contributed by atoms with van der Waals surface area (Å²) in [4.78, 5) is 26.3. The maximum absolute atomic E-state index is 12.5. The molecule has 1 rings (SSSR count). The molecule has 0 radical (unpaired) electrons. The first-order valence-electron chi connectivity index (χ1n) is 7.68.